The van der Waals surface area contributed by atoms with Crippen LogP contribution >= 0.6 is 11.3 Å². The third kappa shape index (κ3) is 3.49. The van der Waals surface area contributed by atoms with Crippen LogP contribution in [0.3, 0.4) is 0 Å². The van der Waals surface area contributed by atoms with Gasteiger partial charge in [-0.2, -0.15) is 0 Å². The first-order valence-electron chi connectivity index (χ1n) is 5.03. The monoisotopic (exact) mass is 197 g/mol. The molecule has 0 radical (unpaired) electrons. The zero-order valence-corrected chi connectivity index (χ0v) is 9.53. The van der Waals surface area contributed by atoms with Crippen LogP contribution < -0.4 is 5.32 Å². The average molecular weight is 197 g/mol. The predicted octanol–water partition coefficient (Wildman–Crippen LogP) is 3.59. The van der Waals surface area contributed by atoms with Crippen molar-refractivity contribution in [1.82, 2.24) is 5.32 Å². The molecule has 0 spiro atoms. The van der Waals surface area contributed by atoms with E-state index in [1.807, 2.05) is 11.3 Å². The van der Waals surface area contributed by atoms with Crippen molar-refractivity contribution in [3.8, 4) is 0 Å². The minimum Gasteiger partial charge on any atom is -0.307 e. The molecule has 0 aliphatic rings. The van der Waals surface area contributed by atoms with Crippen molar-refractivity contribution in [2.75, 3.05) is 0 Å². The van der Waals surface area contributed by atoms with E-state index in [1.54, 1.807) is 0 Å². The molecule has 1 rings (SSSR count). The second-order valence-corrected chi connectivity index (χ2v) is 4.57. The molecule has 0 fully saturated rings. The van der Waals surface area contributed by atoms with E-state index in [-0.39, 0.29) is 0 Å². The second kappa shape index (κ2) is 5.40. The Morgan fingerprint density at radius 2 is 2.23 bits per heavy atom. The molecule has 1 aromatic heterocycles. The quantitative estimate of drug-likeness (QED) is 0.760. The van der Waals surface area contributed by atoms with Gasteiger partial charge in [0.1, 0.15) is 0 Å². The number of rotatable bonds is 5. The Kier molecular flexibility index (Phi) is 4.46. The molecule has 0 aromatic carbocycles. The predicted molar refractivity (Wildman–Crippen MR) is 60.2 cm³/mol. The number of nitrogens with one attached hydrogen (secondary N) is 1. The van der Waals surface area contributed by atoms with E-state index < -0.39 is 0 Å². The van der Waals surface area contributed by atoms with Crippen LogP contribution in [0.1, 0.15) is 44.5 Å². The number of hydrogen-bond acceptors (Lipinski definition) is 2. The molecule has 0 saturated carbocycles. The third-order valence-electron chi connectivity index (χ3n) is 2.23. The van der Waals surface area contributed by atoms with Gasteiger partial charge in [-0.05, 0) is 31.7 Å². The normalized spacial score (nSPS) is 15.6. The number of hydrogen-bond donors (Lipinski definition) is 1. The van der Waals surface area contributed by atoms with Crippen molar-refractivity contribution in [1.29, 1.82) is 0 Å². The molecule has 2 heteroatoms. The zero-order valence-electron chi connectivity index (χ0n) is 8.71. The molecule has 1 unspecified atom stereocenters. The topological polar surface area (TPSA) is 12.0 Å². The maximum atomic E-state index is 3.59. The summed E-state index contributed by atoms with van der Waals surface area (Å²) in [4.78, 5) is 1.43. The van der Waals surface area contributed by atoms with Gasteiger partial charge < -0.3 is 5.32 Å². The first-order chi connectivity index (χ1) is 6.24. The minimum absolute atomic E-state index is 0.501. The maximum Gasteiger partial charge on any atom is 0.0388 e. The van der Waals surface area contributed by atoms with Crippen LogP contribution in [-0.2, 0) is 0 Å². The van der Waals surface area contributed by atoms with Gasteiger partial charge in [-0.15, -0.1) is 11.3 Å². The van der Waals surface area contributed by atoms with Gasteiger partial charge in [0, 0.05) is 17.0 Å². The van der Waals surface area contributed by atoms with E-state index in [9.17, 15) is 0 Å². The molecule has 2 atom stereocenters. The molecule has 1 nitrogen and oxygen atoms in total. The van der Waals surface area contributed by atoms with Gasteiger partial charge >= 0.3 is 0 Å². The summed E-state index contributed by atoms with van der Waals surface area (Å²) in [5, 5.41) is 5.73. The van der Waals surface area contributed by atoms with Gasteiger partial charge in [-0.1, -0.05) is 19.4 Å². The summed E-state index contributed by atoms with van der Waals surface area (Å²) in [5.74, 6) is 0. The molecule has 13 heavy (non-hydrogen) atoms. The molecule has 0 saturated heterocycles. The fourth-order valence-corrected chi connectivity index (χ4v) is 2.31. The van der Waals surface area contributed by atoms with Crippen molar-refractivity contribution in [3.63, 3.8) is 0 Å². The van der Waals surface area contributed by atoms with E-state index in [4.69, 9.17) is 0 Å². The van der Waals surface area contributed by atoms with Gasteiger partial charge in [-0.3, -0.25) is 0 Å². The highest BCUT2D eigenvalue weighted by atomic mass is 32.1. The van der Waals surface area contributed by atoms with Crippen molar-refractivity contribution in [2.24, 2.45) is 0 Å². The summed E-state index contributed by atoms with van der Waals surface area (Å²) in [7, 11) is 0. The Bertz CT molecular complexity index is 218. The van der Waals surface area contributed by atoms with E-state index >= 15 is 0 Å². The van der Waals surface area contributed by atoms with Crippen molar-refractivity contribution >= 4 is 11.3 Å². The second-order valence-electron chi connectivity index (χ2n) is 3.59. The highest BCUT2D eigenvalue weighted by Gasteiger charge is 2.08. The summed E-state index contributed by atoms with van der Waals surface area (Å²) >= 11 is 1.83. The average Bonchev–Trinajstić information content (AvgIpc) is 2.55. The van der Waals surface area contributed by atoms with Crippen LogP contribution in [-0.4, -0.2) is 6.04 Å². The Labute approximate surface area is 85.2 Å². The molecule has 1 N–H and O–H groups in total. The molecule has 0 aliphatic heterocycles. The lowest BCUT2D eigenvalue weighted by Crippen LogP contribution is -2.28. The summed E-state index contributed by atoms with van der Waals surface area (Å²) in [6, 6.07) is 5.44. The van der Waals surface area contributed by atoms with Gasteiger partial charge in [0.05, 0.1) is 0 Å². The van der Waals surface area contributed by atoms with E-state index in [0.717, 1.165) is 0 Å². The summed E-state index contributed by atoms with van der Waals surface area (Å²) in [6.07, 6.45) is 2.51. The highest BCUT2D eigenvalue weighted by molar-refractivity contribution is 7.10. The van der Waals surface area contributed by atoms with E-state index in [2.05, 4.69) is 43.6 Å². The van der Waals surface area contributed by atoms with E-state index in [1.165, 1.54) is 17.7 Å². The molecule has 74 valence electrons. The summed E-state index contributed by atoms with van der Waals surface area (Å²) in [6.45, 7) is 6.72. The minimum atomic E-state index is 0.501. The van der Waals surface area contributed by atoms with Crippen LogP contribution in [0.25, 0.3) is 0 Å². The van der Waals surface area contributed by atoms with Crippen molar-refractivity contribution in [2.45, 2.75) is 45.7 Å². The highest BCUT2D eigenvalue weighted by Crippen LogP contribution is 2.18. The molecule has 1 heterocycles. The molecule has 0 amide bonds. The molecule has 1 aromatic rings. The standard InChI is InChI=1S/C11H19NS/c1-4-6-9(2)12-10(3)11-7-5-8-13-11/h5,7-10,12H,4,6H2,1-3H3/t9?,10-/m0/s1. The van der Waals surface area contributed by atoms with E-state index in [0.29, 0.717) is 12.1 Å². The molecule has 0 aliphatic carbocycles. The fourth-order valence-electron chi connectivity index (χ4n) is 1.56. The third-order valence-corrected chi connectivity index (χ3v) is 3.28. The zero-order chi connectivity index (χ0) is 9.68. The summed E-state index contributed by atoms with van der Waals surface area (Å²) in [5.41, 5.74) is 0. The summed E-state index contributed by atoms with van der Waals surface area (Å²) < 4.78 is 0. The van der Waals surface area contributed by atoms with Crippen LogP contribution in [0.15, 0.2) is 17.5 Å². The lowest BCUT2D eigenvalue weighted by Gasteiger charge is -2.18. The molecular formula is C11H19NS. The molecule has 0 bridgehead atoms. The SMILES string of the molecule is CCCC(C)N[C@@H](C)c1cccs1. The lowest BCUT2D eigenvalue weighted by molar-refractivity contribution is 0.456. The van der Waals surface area contributed by atoms with Gasteiger partial charge in [0.2, 0.25) is 0 Å². The largest absolute Gasteiger partial charge is 0.307 e. The maximum absolute atomic E-state index is 3.59. The molecular weight excluding hydrogens is 178 g/mol. The van der Waals surface area contributed by atoms with Crippen LogP contribution in [0.4, 0.5) is 0 Å². The van der Waals surface area contributed by atoms with Gasteiger partial charge in [0.25, 0.3) is 0 Å². The Morgan fingerprint density at radius 3 is 2.77 bits per heavy atom. The van der Waals surface area contributed by atoms with Gasteiger partial charge in [0.15, 0.2) is 0 Å². The van der Waals surface area contributed by atoms with Crippen LogP contribution in [0, 0.1) is 0 Å². The Balaban J connectivity index is 2.37. The van der Waals surface area contributed by atoms with Crippen molar-refractivity contribution in [3.05, 3.63) is 22.4 Å². The van der Waals surface area contributed by atoms with Gasteiger partial charge in [-0.25, -0.2) is 0 Å². The first-order valence-corrected chi connectivity index (χ1v) is 5.91. The van der Waals surface area contributed by atoms with Crippen molar-refractivity contribution < 1.29 is 0 Å². The van der Waals surface area contributed by atoms with Crippen LogP contribution in [0.2, 0.25) is 0 Å². The number of thiophene rings is 1. The smallest absolute Gasteiger partial charge is 0.0388 e. The Morgan fingerprint density at radius 1 is 1.46 bits per heavy atom. The first kappa shape index (κ1) is 10.7. The lowest BCUT2D eigenvalue weighted by atomic mass is 10.1. The fraction of sp³-hybridized carbons (Fsp3) is 0.636. The Hall–Kier alpha value is -0.340. The van der Waals surface area contributed by atoms with Crippen LogP contribution in [0.5, 0.6) is 0 Å².